The van der Waals surface area contributed by atoms with E-state index in [4.69, 9.17) is 4.74 Å². The maximum Gasteiger partial charge on any atom is 0.339 e. The molecular weight excluding hydrogens is 440 g/mol. The third kappa shape index (κ3) is 5.06. The van der Waals surface area contributed by atoms with Crippen LogP contribution in [0.25, 0.3) is 22.2 Å². The molecule has 172 valence electrons. The van der Waals surface area contributed by atoms with Gasteiger partial charge in [0, 0.05) is 23.5 Å². The van der Waals surface area contributed by atoms with Gasteiger partial charge in [0.1, 0.15) is 0 Å². The highest BCUT2D eigenvalue weighted by Crippen LogP contribution is 2.26. The van der Waals surface area contributed by atoms with Crippen LogP contribution >= 0.6 is 0 Å². The van der Waals surface area contributed by atoms with Gasteiger partial charge in [0.2, 0.25) is 0 Å². The normalized spacial score (nSPS) is 17.1. The van der Waals surface area contributed by atoms with Crippen molar-refractivity contribution in [3.8, 4) is 11.3 Å². The first kappa shape index (κ1) is 22.9. The van der Waals surface area contributed by atoms with Crippen LogP contribution in [0.15, 0.2) is 54.6 Å². The molecule has 1 aliphatic heterocycles. The van der Waals surface area contributed by atoms with Gasteiger partial charge in [-0.2, -0.15) is 0 Å². The summed E-state index contributed by atoms with van der Waals surface area (Å²) in [6.45, 7) is 3.69. The number of pyridine rings is 1. The van der Waals surface area contributed by atoms with Gasteiger partial charge in [0.05, 0.1) is 28.3 Å². The van der Waals surface area contributed by atoms with Crippen LogP contribution in [0.5, 0.6) is 0 Å². The van der Waals surface area contributed by atoms with Crippen molar-refractivity contribution >= 4 is 32.6 Å². The molecule has 0 bridgehead atoms. The Morgan fingerprint density at radius 2 is 1.85 bits per heavy atom. The highest BCUT2D eigenvalue weighted by molar-refractivity contribution is 7.91. The molecule has 0 spiro atoms. The zero-order valence-electron chi connectivity index (χ0n) is 18.7. The molecule has 1 fully saturated rings. The minimum Gasteiger partial charge on any atom is -0.452 e. The van der Waals surface area contributed by atoms with Crippen LogP contribution in [0, 0.1) is 6.92 Å². The maximum absolute atomic E-state index is 13.0. The predicted molar refractivity (Wildman–Crippen MR) is 127 cm³/mol. The summed E-state index contributed by atoms with van der Waals surface area (Å²) in [4.78, 5) is 31.9. The van der Waals surface area contributed by atoms with Gasteiger partial charge in [-0.25, -0.2) is 18.2 Å². The van der Waals surface area contributed by atoms with Gasteiger partial charge < -0.3 is 9.64 Å². The van der Waals surface area contributed by atoms with E-state index in [2.05, 4.69) is 4.98 Å². The number of aryl methyl sites for hydroxylation is 1. The van der Waals surface area contributed by atoms with Crippen LogP contribution in [0.2, 0.25) is 0 Å². The summed E-state index contributed by atoms with van der Waals surface area (Å²) < 4.78 is 29.0. The van der Waals surface area contributed by atoms with Crippen LogP contribution in [-0.4, -0.2) is 60.9 Å². The second-order valence-electron chi connectivity index (χ2n) is 8.25. The second kappa shape index (κ2) is 9.31. The number of nitrogens with zero attached hydrogens (tertiary/aromatic N) is 2. The molecule has 0 saturated carbocycles. The molecule has 8 heteroatoms. The fraction of sp³-hybridized carbons (Fsp3) is 0.320. The van der Waals surface area contributed by atoms with E-state index in [1.54, 1.807) is 19.1 Å². The molecule has 0 N–H and O–H groups in total. The minimum atomic E-state index is -3.13. The van der Waals surface area contributed by atoms with Crippen molar-refractivity contribution in [3.63, 3.8) is 0 Å². The summed E-state index contributed by atoms with van der Waals surface area (Å²) in [6, 6.07) is 16.4. The molecule has 3 aromatic rings. The van der Waals surface area contributed by atoms with Crippen LogP contribution < -0.4 is 0 Å². The number of benzene rings is 2. The van der Waals surface area contributed by atoms with Gasteiger partial charge >= 0.3 is 5.97 Å². The monoisotopic (exact) mass is 466 g/mol. The predicted octanol–water partition coefficient (Wildman–Crippen LogP) is 3.40. The molecule has 4 rings (SSSR count). The van der Waals surface area contributed by atoms with Crippen LogP contribution in [0.4, 0.5) is 0 Å². The summed E-state index contributed by atoms with van der Waals surface area (Å²) in [5.41, 5.74) is 3.61. The number of hydrogen-bond donors (Lipinski definition) is 0. The number of rotatable bonds is 6. The highest BCUT2D eigenvalue weighted by Gasteiger charge is 2.34. The minimum absolute atomic E-state index is 0.0462. The van der Waals surface area contributed by atoms with Gasteiger partial charge in [0.15, 0.2) is 16.4 Å². The SMILES string of the molecule is CCN(C(=O)COC(=O)c1cc(-c2ccc(C)cc2)nc2ccccc12)[C@H]1CCS(=O)(=O)C1. The number of esters is 1. The number of hydrogen-bond acceptors (Lipinski definition) is 6. The number of carbonyl (C=O) groups excluding carboxylic acids is 2. The van der Waals surface area contributed by atoms with Crippen molar-refractivity contribution < 1.29 is 22.7 Å². The van der Waals surface area contributed by atoms with Crippen molar-refractivity contribution in [1.29, 1.82) is 0 Å². The average Bonchev–Trinajstić information content (AvgIpc) is 3.16. The Hall–Kier alpha value is -3.26. The Bertz CT molecular complexity index is 1300. The van der Waals surface area contributed by atoms with Crippen molar-refractivity contribution in [2.45, 2.75) is 26.3 Å². The van der Waals surface area contributed by atoms with Crippen LogP contribution in [0.3, 0.4) is 0 Å². The summed E-state index contributed by atoms with van der Waals surface area (Å²) >= 11 is 0. The largest absolute Gasteiger partial charge is 0.452 e. The average molecular weight is 467 g/mol. The quantitative estimate of drug-likeness (QED) is 0.517. The Kier molecular flexibility index (Phi) is 6.47. The number of fused-ring (bicyclic) bond motifs is 1. The molecule has 0 unspecified atom stereocenters. The molecule has 2 heterocycles. The number of sulfone groups is 1. The van der Waals surface area contributed by atoms with Crippen molar-refractivity contribution in [2.24, 2.45) is 0 Å². The van der Waals surface area contributed by atoms with E-state index < -0.39 is 28.3 Å². The van der Waals surface area contributed by atoms with Gasteiger partial charge in [-0.15, -0.1) is 0 Å². The Balaban J connectivity index is 1.56. The number of carbonyl (C=O) groups is 2. The van der Waals surface area contributed by atoms with E-state index in [0.29, 0.717) is 35.1 Å². The lowest BCUT2D eigenvalue weighted by Gasteiger charge is -2.26. The lowest BCUT2D eigenvalue weighted by atomic mass is 10.0. The first-order valence-corrected chi connectivity index (χ1v) is 12.7. The lowest BCUT2D eigenvalue weighted by molar-refractivity contribution is -0.136. The van der Waals surface area contributed by atoms with E-state index >= 15 is 0 Å². The molecule has 1 aliphatic rings. The maximum atomic E-state index is 13.0. The van der Waals surface area contributed by atoms with E-state index in [9.17, 15) is 18.0 Å². The Morgan fingerprint density at radius 1 is 1.12 bits per heavy atom. The van der Waals surface area contributed by atoms with Crippen molar-refractivity contribution in [3.05, 3.63) is 65.7 Å². The molecule has 0 radical (unpaired) electrons. The van der Waals surface area contributed by atoms with Gasteiger partial charge in [-0.1, -0.05) is 48.0 Å². The topological polar surface area (TPSA) is 93.6 Å². The summed E-state index contributed by atoms with van der Waals surface area (Å²) in [5, 5.41) is 0.639. The molecule has 7 nitrogen and oxygen atoms in total. The molecule has 0 aliphatic carbocycles. The number of amides is 1. The van der Waals surface area contributed by atoms with E-state index in [-0.39, 0.29) is 17.5 Å². The molecule has 1 atom stereocenters. The molecule has 1 saturated heterocycles. The zero-order chi connectivity index (χ0) is 23.6. The summed E-state index contributed by atoms with van der Waals surface area (Å²) in [6.07, 6.45) is 0.408. The van der Waals surface area contributed by atoms with Gasteiger partial charge in [-0.3, -0.25) is 4.79 Å². The molecule has 1 aromatic heterocycles. The number of para-hydroxylation sites is 1. The fourth-order valence-electron chi connectivity index (χ4n) is 4.16. The summed E-state index contributed by atoms with van der Waals surface area (Å²) in [7, 11) is -3.13. The van der Waals surface area contributed by atoms with Gasteiger partial charge in [-0.05, 0) is 32.4 Å². The van der Waals surface area contributed by atoms with Crippen LogP contribution in [-0.2, 0) is 19.4 Å². The standard InChI is InChI=1S/C25H26N2O5S/c1-3-27(19-12-13-33(30,31)16-19)24(28)15-32-25(29)21-14-23(18-10-8-17(2)9-11-18)26-22-7-5-4-6-20(21)22/h4-11,14,19H,3,12-13,15-16H2,1-2H3/t19-/m0/s1. The third-order valence-corrected chi connectivity index (χ3v) is 7.67. The Morgan fingerprint density at radius 3 is 2.52 bits per heavy atom. The zero-order valence-corrected chi connectivity index (χ0v) is 19.5. The Labute approximate surface area is 193 Å². The van der Waals surface area contributed by atoms with E-state index in [0.717, 1.165) is 11.1 Å². The molecule has 33 heavy (non-hydrogen) atoms. The lowest BCUT2D eigenvalue weighted by Crippen LogP contribution is -2.43. The molecule has 2 aromatic carbocycles. The summed E-state index contributed by atoms with van der Waals surface area (Å²) in [5.74, 6) is -0.989. The number of ether oxygens (including phenoxy) is 1. The first-order valence-electron chi connectivity index (χ1n) is 10.9. The van der Waals surface area contributed by atoms with E-state index in [1.165, 1.54) is 4.90 Å². The van der Waals surface area contributed by atoms with Crippen molar-refractivity contribution in [2.75, 3.05) is 24.7 Å². The second-order valence-corrected chi connectivity index (χ2v) is 10.5. The highest BCUT2D eigenvalue weighted by atomic mass is 32.2. The van der Waals surface area contributed by atoms with E-state index in [1.807, 2.05) is 49.4 Å². The first-order chi connectivity index (χ1) is 15.8. The van der Waals surface area contributed by atoms with Crippen molar-refractivity contribution in [1.82, 2.24) is 9.88 Å². The molecule has 1 amide bonds. The van der Waals surface area contributed by atoms with Crippen LogP contribution in [0.1, 0.15) is 29.3 Å². The molecular formula is C25H26N2O5S. The smallest absolute Gasteiger partial charge is 0.339 e. The van der Waals surface area contributed by atoms with Gasteiger partial charge in [0.25, 0.3) is 5.91 Å². The number of aromatic nitrogens is 1. The fourth-order valence-corrected chi connectivity index (χ4v) is 5.89. The third-order valence-electron chi connectivity index (χ3n) is 5.92. The number of likely N-dealkylation sites (N-methyl/N-ethyl adjacent to an activating group) is 1.